The van der Waals surface area contributed by atoms with E-state index < -0.39 is 18.0 Å². The van der Waals surface area contributed by atoms with Gasteiger partial charge in [0.05, 0.1) is 0 Å². The lowest BCUT2D eigenvalue weighted by Gasteiger charge is -2.04. The smallest absolute Gasteiger partial charge is 0.336 e. The van der Waals surface area contributed by atoms with E-state index >= 15 is 0 Å². The average Bonchev–Trinajstić information content (AvgIpc) is 2.10. The molecule has 1 atom stereocenters. The molecule has 0 bridgehead atoms. The summed E-state index contributed by atoms with van der Waals surface area (Å²) in [6.45, 7) is 1.51. The van der Waals surface area contributed by atoms with E-state index in [1.807, 2.05) is 0 Å². The molecule has 0 aliphatic heterocycles. The summed E-state index contributed by atoms with van der Waals surface area (Å²) in [4.78, 5) is 21.0. The van der Waals surface area contributed by atoms with Crippen LogP contribution in [0.3, 0.4) is 0 Å². The second-order valence-corrected chi connectivity index (χ2v) is 2.31. The van der Waals surface area contributed by atoms with Crippen LogP contribution in [0.5, 0.6) is 0 Å². The molecular formula is C8H11NO4. The Kier molecular flexibility index (Phi) is 5.32. The van der Waals surface area contributed by atoms with E-state index in [1.165, 1.54) is 6.92 Å². The number of ether oxygens (including phenoxy) is 1. The number of carboxylic acid groups (broad SMARTS) is 1. The van der Waals surface area contributed by atoms with Gasteiger partial charge in [0.2, 0.25) is 0 Å². The highest BCUT2D eigenvalue weighted by Gasteiger charge is 2.15. The van der Waals surface area contributed by atoms with Crippen LogP contribution < -0.4 is 5.73 Å². The summed E-state index contributed by atoms with van der Waals surface area (Å²) < 4.78 is 4.37. The zero-order chi connectivity index (χ0) is 10.3. The minimum absolute atomic E-state index is 0.0551. The van der Waals surface area contributed by atoms with E-state index in [-0.39, 0.29) is 12.8 Å². The van der Waals surface area contributed by atoms with E-state index in [0.717, 1.165) is 0 Å². The summed E-state index contributed by atoms with van der Waals surface area (Å²) in [7, 11) is 0. The number of carbonyl (C=O) groups excluding carboxylic acids is 1. The zero-order valence-corrected chi connectivity index (χ0v) is 7.24. The van der Waals surface area contributed by atoms with Gasteiger partial charge < -0.3 is 15.6 Å². The topological polar surface area (TPSA) is 89.6 Å². The largest absolute Gasteiger partial charge is 0.481 e. The van der Waals surface area contributed by atoms with Crippen molar-refractivity contribution in [1.82, 2.24) is 0 Å². The fourth-order valence-corrected chi connectivity index (χ4v) is 0.574. The van der Waals surface area contributed by atoms with Crippen LogP contribution in [0.4, 0.5) is 0 Å². The monoisotopic (exact) mass is 185 g/mol. The maximum atomic E-state index is 10.9. The lowest BCUT2D eigenvalue weighted by molar-refractivity contribution is -0.139. The first-order chi connectivity index (χ1) is 6.07. The Morgan fingerprint density at radius 3 is 2.69 bits per heavy atom. The van der Waals surface area contributed by atoms with E-state index in [2.05, 4.69) is 16.8 Å². The molecule has 0 rings (SSSR count). The van der Waals surface area contributed by atoms with Crippen molar-refractivity contribution in [2.45, 2.75) is 25.8 Å². The SMILES string of the molecule is CC#COC(=O)C(N)CCC(=O)O. The first kappa shape index (κ1) is 11.5. The predicted molar refractivity (Wildman–Crippen MR) is 44.4 cm³/mol. The van der Waals surface area contributed by atoms with Crippen molar-refractivity contribution in [2.24, 2.45) is 5.73 Å². The van der Waals surface area contributed by atoms with Crippen LogP contribution in [0.2, 0.25) is 0 Å². The molecule has 0 saturated heterocycles. The quantitative estimate of drug-likeness (QED) is 0.463. The Bertz CT molecular complexity index is 251. The molecule has 0 radical (unpaired) electrons. The minimum atomic E-state index is -0.996. The molecule has 0 aliphatic carbocycles. The highest BCUT2D eigenvalue weighted by molar-refractivity contribution is 5.77. The van der Waals surface area contributed by atoms with Crippen LogP contribution in [0, 0.1) is 12.0 Å². The number of esters is 1. The summed E-state index contributed by atoms with van der Waals surface area (Å²) in [5, 5.41) is 8.28. The molecule has 5 heteroatoms. The van der Waals surface area contributed by atoms with Crippen molar-refractivity contribution in [3.63, 3.8) is 0 Å². The standard InChI is InChI=1S/C8H11NO4/c1-2-5-13-8(12)6(9)3-4-7(10)11/h6H,3-4,9H2,1H3,(H,10,11). The van der Waals surface area contributed by atoms with Gasteiger partial charge in [-0.2, -0.15) is 0 Å². The molecule has 0 fully saturated rings. The molecule has 0 heterocycles. The lowest BCUT2D eigenvalue weighted by Crippen LogP contribution is -2.31. The number of aliphatic carboxylic acids is 1. The van der Waals surface area contributed by atoms with Crippen LogP contribution in [0.15, 0.2) is 0 Å². The third-order valence-corrected chi connectivity index (χ3v) is 1.23. The number of nitrogens with two attached hydrogens (primary N) is 1. The van der Waals surface area contributed by atoms with Crippen LogP contribution in [-0.4, -0.2) is 23.1 Å². The Morgan fingerprint density at radius 1 is 1.62 bits per heavy atom. The summed E-state index contributed by atoms with van der Waals surface area (Å²) >= 11 is 0. The minimum Gasteiger partial charge on any atom is -0.481 e. The highest BCUT2D eigenvalue weighted by atomic mass is 16.5. The number of hydrogen-bond donors (Lipinski definition) is 2. The van der Waals surface area contributed by atoms with E-state index in [9.17, 15) is 9.59 Å². The first-order valence-corrected chi connectivity index (χ1v) is 3.67. The van der Waals surface area contributed by atoms with Crippen molar-refractivity contribution in [2.75, 3.05) is 0 Å². The molecular weight excluding hydrogens is 174 g/mol. The molecule has 72 valence electrons. The number of rotatable bonds is 4. The number of carboxylic acids is 1. The maximum absolute atomic E-state index is 10.9. The maximum Gasteiger partial charge on any atom is 0.336 e. The van der Waals surface area contributed by atoms with Gasteiger partial charge in [-0.25, -0.2) is 4.79 Å². The number of carbonyl (C=O) groups is 2. The fraction of sp³-hybridized carbons (Fsp3) is 0.500. The van der Waals surface area contributed by atoms with E-state index in [1.54, 1.807) is 0 Å². The molecule has 1 unspecified atom stereocenters. The lowest BCUT2D eigenvalue weighted by atomic mass is 10.2. The third kappa shape index (κ3) is 5.70. The summed E-state index contributed by atoms with van der Waals surface area (Å²) in [5.41, 5.74) is 5.30. The second-order valence-electron chi connectivity index (χ2n) is 2.31. The molecule has 0 aromatic carbocycles. The molecule has 0 spiro atoms. The molecule has 13 heavy (non-hydrogen) atoms. The van der Waals surface area contributed by atoms with Gasteiger partial charge in [0, 0.05) is 13.3 Å². The van der Waals surface area contributed by atoms with Gasteiger partial charge in [-0.15, -0.1) is 0 Å². The van der Waals surface area contributed by atoms with Gasteiger partial charge in [0.25, 0.3) is 0 Å². The van der Waals surface area contributed by atoms with Crippen molar-refractivity contribution in [1.29, 1.82) is 0 Å². The molecule has 5 nitrogen and oxygen atoms in total. The Hall–Kier alpha value is -1.54. The van der Waals surface area contributed by atoms with Crippen LogP contribution in [0.25, 0.3) is 0 Å². The molecule has 0 amide bonds. The van der Waals surface area contributed by atoms with Gasteiger partial charge in [-0.3, -0.25) is 4.79 Å². The van der Waals surface area contributed by atoms with E-state index in [0.29, 0.717) is 0 Å². The first-order valence-electron chi connectivity index (χ1n) is 3.67. The van der Waals surface area contributed by atoms with E-state index in [4.69, 9.17) is 10.8 Å². The van der Waals surface area contributed by atoms with Gasteiger partial charge in [-0.1, -0.05) is 5.92 Å². The Balaban J connectivity index is 3.80. The van der Waals surface area contributed by atoms with Gasteiger partial charge in [0.1, 0.15) is 12.1 Å². The third-order valence-electron chi connectivity index (χ3n) is 1.23. The van der Waals surface area contributed by atoms with Gasteiger partial charge in [-0.05, 0) is 6.42 Å². The van der Waals surface area contributed by atoms with Crippen molar-refractivity contribution in [3.05, 3.63) is 0 Å². The van der Waals surface area contributed by atoms with Crippen LogP contribution in [-0.2, 0) is 14.3 Å². The average molecular weight is 185 g/mol. The van der Waals surface area contributed by atoms with Gasteiger partial charge in [0.15, 0.2) is 0 Å². The van der Waals surface area contributed by atoms with Crippen LogP contribution >= 0.6 is 0 Å². The number of hydrogen-bond acceptors (Lipinski definition) is 4. The Morgan fingerprint density at radius 2 is 2.23 bits per heavy atom. The molecule has 0 aromatic heterocycles. The molecule has 0 saturated carbocycles. The summed E-state index contributed by atoms with van der Waals surface area (Å²) in [5.74, 6) is 0.659. The molecule has 0 aromatic rings. The predicted octanol–water partition coefficient (Wildman–Crippen LogP) is -0.298. The molecule has 0 aliphatic rings. The molecule has 3 N–H and O–H groups in total. The highest BCUT2D eigenvalue weighted by Crippen LogP contribution is 1.96. The van der Waals surface area contributed by atoms with Crippen molar-refractivity contribution < 1.29 is 19.4 Å². The second kappa shape index (κ2) is 6.03. The Labute approximate surface area is 75.9 Å². The summed E-state index contributed by atoms with van der Waals surface area (Å²) in [6.07, 6.45) is 1.99. The van der Waals surface area contributed by atoms with Crippen molar-refractivity contribution >= 4 is 11.9 Å². The van der Waals surface area contributed by atoms with Crippen molar-refractivity contribution in [3.8, 4) is 12.0 Å². The zero-order valence-electron chi connectivity index (χ0n) is 7.24. The summed E-state index contributed by atoms with van der Waals surface area (Å²) in [6, 6.07) is -0.919. The van der Waals surface area contributed by atoms with Crippen LogP contribution in [0.1, 0.15) is 19.8 Å². The van der Waals surface area contributed by atoms with Gasteiger partial charge >= 0.3 is 11.9 Å². The normalized spacial score (nSPS) is 10.9. The fourth-order valence-electron chi connectivity index (χ4n) is 0.574.